The van der Waals surface area contributed by atoms with Gasteiger partial charge in [-0.1, -0.05) is 0 Å². The Morgan fingerprint density at radius 2 is 1.48 bits per heavy atom. The van der Waals surface area contributed by atoms with Crippen molar-refractivity contribution < 1.29 is 37.5 Å². The fourth-order valence-electron chi connectivity index (χ4n) is 6.37. The number of benzene rings is 2. The molecule has 0 spiro atoms. The Bertz CT molecular complexity index is 1180. The third kappa shape index (κ3) is 4.83. The van der Waals surface area contributed by atoms with Gasteiger partial charge in [-0.3, -0.25) is 0 Å². The van der Waals surface area contributed by atoms with E-state index >= 15 is 0 Å². The molecule has 182 valence electrons. The van der Waals surface area contributed by atoms with Gasteiger partial charge < -0.3 is 24.8 Å². The first-order chi connectivity index (χ1) is 14.1. The first-order valence-electron chi connectivity index (χ1n) is 12.4. The molecular weight excluding hydrogens is 555 g/mol. The summed E-state index contributed by atoms with van der Waals surface area (Å²) in [5.41, 5.74) is 7.33. The van der Waals surface area contributed by atoms with E-state index in [9.17, 15) is 0 Å². The zero-order valence-corrected chi connectivity index (χ0v) is 29.5. The molecule has 5 heteroatoms. The second-order valence-corrected chi connectivity index (χ2v) is 160. The number of rotatable bonds is 6. The van der Waals surface area contributed by atoms with E-state index in [0.717, 1.165) is 0 Å². The number of hydrogen-bond donors (Lipinski definition) is 0. The Hall–Kier alpha value is -0.443. The molecule has 0 bridgehead atoms. The van der Waals surface area contributed by atoms with Crippen LogP contribution in [0.3, 0.4) is 0 Å². The van der Waals surface area contributed by atoms with Crippen molar-refractivity contribution in [3.63, 3.8) is 0 Å². The molecule has 4 rings (SSSR count). The maximum Gasteiger partial charge on any atom is -1.00 e. The van der Waals surface area contributed by atoms with Crippen molar-refractivity contribution in [2.45, 2.75) is 52.0 Å². The molecular formula is C28H42Cl2Si2Zr-2. The molecule has 0 nitrogen and oxygen atoms in total. The van der Waals surface area contributed by atoms with Crippen LogP contribution < -0.4 is 24.8 Å². The number of unbranched alkanes of at least 4 members (excludes halogenated alkanes) is 1. The van der Waals surface area contributed by atoms with E-state index in [-0.39, 0.29) is 24.8 Å². The largest absolute Gasteiger partial charge is 1.00 e. The van der Waals surface area contributed by atoms with Gasteiger partial charge in [0.05, 0.1) is 0 Å². The number of fused-ring (bicyclic) bond motifs is 1. The van der Waals surface area contributed by atoms with Crippen LogP contribution in [-0.2, 0) is 12.7 Å². The van der Waals surface area contributed by atoms with Gasteiger partial charge in [-0.05, 0) is 0 Å². The minimum atomic E-state index is -4.57. The molecule has 0 saturated carbocycles. The molecule has 33 heavy (non-hydrogen) atoms. The predicted octanol–water partition coefficient (Wildman–Crippen LogP) is 0.954. The summed E-state index contributed by atoms with van der Waals surface area (Å²) in [6.45, 7) is 2.30. The van der Waals surface area contributed by atoms with Crippen molar-refractivity contribution in [2.75, 3.05) is 0 Å². The van der Waals surface area contributed by atoms with E-state index in [4.69, 9.17) is 0 Å². The van der Waals surface area contributed by atoms with E-state index < -0.39 is 12.7 Å². The summed E-state index contributed by atoms with van der Waals surface area (Å²) >= 11 is -4.57. The molecule has 0 N–H and O–H groups in total. The van der Waals surface area contributed by atoms with Crippen molar-refractivity contribution in [1.29, 1.82) is 0 Å². The number of halogens is 2. The molecule has 0 aliphatic heterocycles. The second kappa shape index (κ2) is 7.07. The van der Waals surface area contributed by atoms with Gasteiger partial charge in [-0.2, -0.15) is 0 Å². The van der Waals surface area contributed by atoms with Crippen molar-refractivity contribution in [3.05, 3.63) is 89.5 Å². The SMILES string of the molecule is CCCCC1=C[CH]([Zr]([CH3])([CH3])([CH3])([CH3])([SiH3])([SiH3])[CH]2C=Cc3c(-c4ccccc4)cccc32)C=C1.[Cl-].[Cl-]. The minimum Gasteiger partial charge on any atom is -1.00 e. The van der Waals surface area contributed by atoms with Gasteiger partial charge in [-0.15, -0.1) is 0 Å². The number of allylic oxidation sites excluding steroid dienone is 5. The van der Waals surface area contributed by atoms with E-state index in [1.807, 2.05) is 0 Å². The van der Waals surface area contributed by atoms with Crippen LogP contribution in [0.4, 0.5) is 0 Å². The van der Waals surface area contributed by atoms with Gasteiger partial charge in [0.15, 0.2) is 0 Å². The zero-order valence-electron chi connectivity index (χ0n) is 21.5. The Balaban J connectivity index is 0.00000193. The van der Waals surface area contributed by atoms with Crippen LogP contribution in [0.2, 0.25) is 22.2 Å². The molecule has 2 aliphatic carbocycles. The average molecular weight is 597 g/mol. The molecule has 2 aromatic rings. The van der Waals surface area contributed by atoms with Gasteiger partial charge in [0.1, 0.15) is 0 Å². The molecule has 2 aromatic carbocycles. The monoisotopic (exact) mass is 594 g/mol. The van der Waals surface area contributed by atoms with Crippen LogP contribution >= 0.6 is 0 Å². The van der Waals surface area contributed by atoms with E-state index in [2.05, 4.69) is 104 Å². The van der Waals surface area contributed by atoms with Crippen LogP contribution in [-0.4, -0.2) is 14.7 Å². The summed E-state index contributed by atoms with van der Waals surface area (Å²) < 4.78 is 12.4. The summed E-state index contributed by atoms with van der Waals surface area (Å²) in [6.07, 6.45) is 16.7. The van der Waals surface area contributed by atoms with Crippen LogP contribution in [0.1, 0.15) is 40.9 Å². The molecule has 2 unspecified atom stereocenters. The molecule has 0 radical (unpaired) electrons. The van der Waals surface area contributed by atoms with Crippen LogP contribution in [0.25, 0.3) is 17.2 Å². The first kappa shape index (κ1) is 28.8. The Labute approximate surface area is 209 Å². The fraction of sp³-hybridized carbons (Fsp3) is 0.357. The third-order valence-electron chi connectivity index (χ3n) is 8.98. The molecule has 0 amide bonds. The Morgan fingerprint density at radius 1 is 0.818 bits per heavy atom. The van der Waals surface area contributed by atoms with E-state index in [0.29, 0.717) is 7.25 Å². The zero-order chi connectivity index (χ0) is 22.7. The maximum absolute atomic E-state index is 4.57. The van der Waals surface area contributed by atoms with Gasteiger partial charge in [0.25, 0.3) is 0 Å². The summed E-state index contributed by atoms with van der Waals surface area (Å²) in [4.78, 5) is 0. The summed E-state index contributed by atoms with van der Waals surface area (Å²) in [6, 6.07) is 18.0. The van der Waals surface area contributed by atoms with E-state index in [1.165, 1.54) is 50.7 Å². The third-order valence-corrected chi connectivity index (χ3v) is 47.2. The maximum atomic E-state index is 2.82. The van der Waals surface area contributed by atoms with Gasteiger partial charge >= 0.3 is 186 Å². The van der Waals surface area contributed by atoms with Crippen molar-refractivity contribution >= 4 is 20.8 Å². The van der Waals surface area contributed by atoms with Gasteiger partial charge in [0, 0.05) is 0 Å². The molecule has 0 fully saturated rings. The van der Waals surface area contributed by atoms with Gasteiger partial charge in [-0.25, -0.2) is 0 Å². The predicted molar refractivity (Wildman–Crippen MR) is 147 cm³/mol. The molecule has 0 saturated heterocycles. The topological polar surface area (TPSA) is 0 Å². The van der Waals surface area contributed by atoms with Crippen LogP contribution in [0.15, 0.2) is 78.4 Å². The molecule has 0 heterocycles. The van der Waals surface area contributed by atoms with Crippen LogP contribution in [0, 0.1) is 0 Å². The normalized spacial score (nSPS) is 23.8. The molecule has 2 atom stereocenters. The first-order valence-corrected chi connectivity index (χ1v) is 41.8. The fourth-order valence-corrected chi connectivity index (χ4v) is 33.2. The van der Waals surface area contributed by atoms with Crippen molar-refractivity contribution in [1.82, 2.24) is 0 Å². The molecule has 2 aliphatic rings. The van der Waals surface area contributed by atoms with Crippen molar-refractivity contribution in [3.8, 4) is 11.1 Å². The molecule has 0 aromatic heterocycles. The Morgan fingerprint density at radius 3 is 2.12 bits per heavy atom. The smallest absolute Gasteiger partial charge is 1.00 e. The van der Waals surface area contributed by atoms with Crippen LogP contribution in [0.5, 0.6) is 0 Å². The number of hydrogen-bond acceptors (Lipinski definition) is 0. The standard InChI is InChI=1S/C15H11.C9H13.4CH3.2ClH.2H3Si.Zr/c1-2-6-12(7-3-1)14-10-4-8-13-9-5-11-15(13)14;1-2-3-6-9-7-4-5-8-9;;;;;;;;;/h1-11H;4-5,7-8H,2-3,6H2,1H3;4*1H3;2*1H;2*1H3;/p-2. The van der Waals surface area contributed by atoms with Gasteiger partial charge in [0.2, 0.25) is 0 Å². The van der Waals surface area contributed by atoms with Crippen molar-refractivity contribution in [2.24, 2.45) is 0 Å². The summed E-state index contributed by atoms with van der Waals surface area (Å²) in [5.74, 6) is 0. The Kier molecular flexibility index (Phi) is 6.17. The summed E-state index contributed by atoms with van der Waals surface area (Å²) in [7, 11) is 2.49. The quantitative estimate of drug-likeness (QED) is 0.436. The van der Waals surface area contributed by atoms with E-state index in [1.54, 1.807) is 11.1 Å². The second-order valence-electron chi connectivity index (χ2n) is 17.9. The average Bonchev–Trinajstić information content (AvgIpc) is 3.34. The minimum absolute atomic E-state index is 0. The summed E-state index contributed by atoms with van der Waals surface area (Å²) in [5, 5.41) is 0.